The highest BCUT2D eigenvalue weighted by Crippen LogP contribution is 2.21. The molecule has 0 fully saturated rings. The number of rotatable bonds is 2. The lowest BCUT2D eigenvalue weighted by Crippen LogP contribution is -2.38. The molecule has 2 aromatic heterocycles. The van der Waals surface area contributed by atoms with Crippen molar-refractivity contribution in [2.75, 3.05) is 18.9 Å². The summed E-state index contributed by atoms with van der Waals surface area (Å²) in [4.78, 5) is 18.3. The molecule has 0 saturated heterocycles. The molecule has 0 unspecified atom stereocenters. The van der Waals surface area contributed by atoms with Crippen molar-refractivity contribution in [2.24, 2.45) is 0 Å². The number of fused-ring (bicyclic) bond motifs is 1. The summed E-state index contributed by atoms with van der Waals surface area (Å²) >= 11 is 6.05. The lowest BCUT2D eigenvalue weighted by Gasteiger charge is -2.27. The van der Waals surface area contributed by atoms with E-state index in [2.05, 4.69) is 20.5 Å². The van der Waals surface area contributed by atoms with E-state index in [-0.39, 0.29) is 5.91 Å². The van der Waals surface area contributed by atoms with Crippen LogP contribution in [0.15, 0.2) is 18.6 Å². The largest absolute Gasteiger partial charge is 0.372 e. The highest BCUT2D eigenvalue weighted by atomic mass is 35.5. The number of amides is 1. The Bertz CT molecular complexity index is 655. The zero-order chi connectivity index (χ0) is 14.1. The van der Waals surface area contributed by atoms with E-state index in [1.807, 2.05) is 4.57 Å². The number of carbonyl (C=O) groups excluding carboxylic acids is 1. The third-order valence-corrected chi connectivity index (χ3v) is 3.54. The average Bonchev–Trinajstić information content (AvgIpc) is 2.93. The van der Waals surface area contributed by atoms with Gasteiger partial charge in [-0.1, -0.05) is 11.6 Å². The maximum Gasteiger partial charge on any atom is 0.255 e. The number of hydrogen-bond donors (Lipinski definition) is 1. The standard InChI is InChI=1S/C12H13ClN6O/c1-14-11-9(13)4-8(5-15-11)12(20)18-2-3-19-7-16-17-10(19)6-18/h4-5,7H,2-3,6H2,1H3,(H,14,15). The van der Waals surface area contributed by atoms with Gasteiger partial charge in [-0.2, -0.15) is 0 Å². The molecule has 3 heterocycles. The topological polar surface area (TPSA) is 75.9 Å². The van der Waals surface area contributed by atoms with E-state index in [1.165, 1.54) is 6.20 Å². The number of nitrogens with zero attached hydrogens (tertiary/aromatic N) is 5. The van der Waals surface area contributed by atoms with Crippen LogP contribution < -0.4 is 5.32 Å². The van der Waals surface area contributed by atoms with E-state index >= 15 is 0 Å². The van der Waals surface area contributed by atoms with Gasteiger partial charge in [0.2, 0.25) is 0 Å². The van der Waals surface area contributed by atoms with Crippen molar-refractivity contribution in [1.29, 1.82) is 0 Å². The van der Waals surface area contributed by atoms with Crippen molar-refractivity contribution in [2.45, 2.75) is 13.1 Å². The van der Waals surface area contributed by atoms with Crippen LogP contribution in [0, 0.1) is 0 Å². The van der Waals surface area contributed by atoms with Gasteiger partial charge in [-0.15, -0.1) is 10.2 Å². The molecular formula is C12H13ClN6O. The van der Waals surface area contributed by atoms with Gasteiger partial charge in [0.05, 0.1) is 17.1 Å². The van der Waals surface area contributed by atoms with Crippen LogP contribution in [-0.2, 0) is 13.1 Å². The first-order chi connectivity index (χ1) is 9.69. The van der Waals surface area contributed by atoms with E-state index < -0.39 is 0 Å². The van der Waals surface area contributed by atoms with Crippen LogP contribution in [0.2, 0.25) is 5.02 Å². The number of pyridine rings is 1. The molecule has 0 atom stereocenters. The second kappa shape index (κ2) is 5.09. The maximum atomic E-state index is 12.4. The predicted octanol–water partition coefficient (Wildman–Crippen LogP) is 1.02. The van der Waals surface area contributed by atoms with E-state index in [0.717, 1.165) is 5.82 Å². The minimum atomic E-state index is -0.101. The van der Waals surface area contributed by atoms with Crippen LogP contribution in [0.25, 0.3) is 0 Å². The first kappa shape index (κ1) is 12.9. The molecule has 0 bridgehead atoms. The van der Waals surface area contributed by atoms with Crippen molar-refractivity contribution in [3.8, 4) is 0 Å². The fraction of sp³-hybridized carbons (Fsp3) is 0.333. The zero-order valence-corrected chi connectivity index (χ0v) is 11.6. The smallest absolute Gasteiger partial charge is 0.255 e. The van der Waals surface area contributed by atoms with Crippen LogP contribution in [0.1, 0.15) is 16.2 Å². The normalized spacial score (nSPS) is 14.0. The second-order valence-corrected chi connectivity index (χ2v) is 4.88. The molecule has 1 N–H and O–H groups in total. The van der Waals surface area contributed by atoms with E-state index in [0.29, 0.717) is 36.0 Å². The molecule has 0 radical (unpaired) electrons. The van der Waals surface area contributed by atoms with Crippen LogP contribution in [0.5, 0.6) is 0 Å². The van der Waals surface area contributed by atoms with Crippen molar-refractivity contribution < 1.29 is 4.79 Å². The number of carbonyl (C=O) groups is 1. The molecular weight excluding hydrogens is 280 g/mol. The molecule has 0 aromatic carbocycles. The van der Waals surface area contributed by atoms with Crippen LogP contribution in [-0.4, -0.2) is 44.1 Å². The molecule has 0 aliphatic carbocycles. The molecule has 0 saturated carbocycles. The monoisotopic (exact) mass is 292 g/mol. The van der Waals surface area contributed by atoms with Gasteiger partial charge in [-0.05, 0) is 6.07 Å². The van der Waals surface area contributed by atoms with Gasteiger partial charge in [0.25, 0.3) is 5.91 Å². The van der Waals surface area contributed by atoms with E-state index in [9.17, 15) is 4.79 Å². The first-order valence-corrected chi connectivity index (χ1v) is 6.56. The summed E-state index contributed by atoms with van der Waals surface area (Å²) in [5.74, 6) is 1.24. The van der Waals surface area contributed by atoms with Crippen molar-refractivity contribution in [3.05, 3.63) is 35.0 Å². The molecule has 0 spiro atoms. The Hall–Kier alpha value is -2.15. The Balaban J connectivity index is 1.81. The predicted molar refractivity (Wildman–Crippen MR) is 73.6 cm³/mol. The molecule has 7 nitrogen and oxygen atoms in total. The van der Waals surface area contributed by atoms with Gasteiger partial charge in [0.1, 0.15) is 12.1 Å². The number of halogens is 1. The third kappa shape index (κ3) is 2.20. The molecule has 1 amide bonds. The SMILES string of the molecule is CNc1ncc(C(=O)N2CCn3cnnc3C2)cc1Cl. The summed E-state index contributed by atoms with van der Waals surface area (Å²) in [5, 5.41) is 11.1. The summed E-state index contributed by atoms with van der Waals surface area (Å²) in [6.45, 7) is 1.77. The maximum absolute atomic E-state index is 12.4. The fourth-order valence-corrected chi connectivity index (χ4v) is 2.42. The van der Waals surface area contributed by atoms with Crippen LogP contribution in [0.4, 0.5) is 5.82 Å². The minimum Gasteiger partial charge on any atom is -0.372 e. The molecule has 20 heavy (non-hydrogen) atoms. The fourth-order valence-electron chi connectivity index (χ4n) is 2.16. The molecule has 2 aromatic rings. The lowest BCUT2D eigenvalue weighted by molar-refractivity contribution is 0.0707. The van der Waals surface area contributed by atoms with Crippen LogP contribution >= 0.6 is 11.6 Å². The Morgan fingerprint density at radius 1 is 1.45 bits per heavy atom. The Morgan fingerprint density at radius 2 is 2.30 bits per heavy atom. The first-order valence-electron chi connectivity index (χ1n) is 6.18. The molecule has 8 heteroatoms. The third-order valence-electron chi connectivity index (χ3n) is 3.25. The summed E-state index contributed by atoms with van der Waals surface area (Å²) < 4.78 is 1.94. The second-order valence-electron chi connectivity index (χ2n) is 4.47. The van der Waals surface area contributed by atoms with Crippen LogP contribution in [0.3, 0.4) is 0 Å². The van der Waals surface area contributed by atoms with Gasteiger partial charge in [-0.25, -0.2) is 4.98 Å². The number of hydrogen-bond acceptors (Lipinski definition) is 5. The van der Waals surface area contributed by atoms with Crippen molar-refractivity contribution >= 4 is 23.3 Å². The number of aromatic nitrogens is 4. The van der Waals surface area contributed by atoms with E-state index in [4.69, 9.17) is 11.6 Å². The average molecular weight is 293 g/mol. The Labute approximate surface area is 120 Å². The number of anilines is 1. The molecule has 1 aliphatic rings. The summed E-state index contributed by atoms with van der Waals surface area (Å²) in [6, 6.07) is 1.63. The van der Waals surface area contributed by atoms with Gasteiger partial charge in [-0.3, -0.25) is 4.79 Å². The van der Waals surface area contributed by atoms with Crippen molar-refractivity contribution in [1.82, 2.24) is 24.6 Å². The Kier molecular flexibility index (Phi) is 3.27. The van der Waals surface area contributed by atoms with E-state index in [1.54, 1.807) is 24.3 Å². The van der Waals surface area contributed by atoms with Gasteiger partial charge in [0, 0.05) is 26.3 Å². The Morgan fingerprint density at radius 3 is 3.05 bits per heavy atom. The number of nitrogens with one attached hydrogen (secondary N) is 1. The zero-order valence-electron chi connectivity index (χ0n) is 10.9. The summed E-state index contributed by atoms with van der Waals surface area (Å²) in [5.41, 5.74) is 0.474. The lowest BCUT2D eigenvalue weighted by atomic mass is 10.2. The minimum absolute atomic E-state index is 0.101. The van der Waals surface area contributed by atoms with Gasteiger partial charge >= 0.3 is 0 Å². The quantitative estimate of drug-likeness (QED) is 0.894. The van der Waals surface area contributed by atoms with Gasteiger partial charge < -0.3 is 14.8 Å². The van der Waals surface area contributed by atoms with Gasteiger partial charge in [0.15, 0.2) is 5.82 Å². The summed E-state index contributed by atoms with van der Waals surface area (Å²) in [6.07, 6.45) is 3.21. The van der Waals surface area contributed by atoms with Crippen molar-refractivity contribution in [3.63, 3.8) is 0 Å². The molecule has 104 valence electrons. The molecule has 3 rings (SSSR count). The summed E-state index contributed by atoms with van der Waals surface area (Å²) in [7, 11) is 1.73. The highest BCUT2D eigenvalue weighted by molar-refractivity contribution is 6.33. The molecule has 1 aliphatic heterocycles. The highest BCUT2D eigenvalue weighted by Gasteiger charge is 2.23.